The van der Waals surface area contributed by atoms with E-state index in [-0.39, 0.29) is 22.2 Å². The molecule has 1 aliphatic rings. The van der Waals surface area contributed by atoms with Crippen molar-refractivity contribution in [2.24, 2.45) is 0 Å². The number of piperazine rings is 1. The minimum atomic E-state index is -0.572. The van der Waals surface area contributed by atoms with Crippen LogP contribution in [0.15, 0.2) is 72.8 Å². The van der Waals surface area contributed by atoms with Crippen LogP contribution in [0.4, 0.5) is 17.1 Å². The van der Waals surface area contributed by atoms with Crippen molar-refractivity contribution >= 4 is 40.5 Å². The average molecular weight is 465 g/mol. The highest BCUT2D eigenvalue weighted by atomic mass is 35.5. The van der Waals surface area contributed by atoms with E-state index in [2.05, 4.69) is 10.2 Å². The summed E-state index contributed by atoms with van der Waals surface area (Å²) in [5, 5.41) is 14.0. The molecule has 1 N–H and O–H groups in total. The highest BCUT2D eigenvalue weighted by Crippen LogP contribution is 2.29. The number of benzene rings is 3. The van der Waals surface area contributed by atoms with E-state index in [0.717, 1.165) is 11.8 Å². The molecular weight excluding hydrogens is 444 g/mol. The predicted octanol–water partition coefficient (Wildman–Crippen LogP) is 4.46. The Hall–Kier alpha value is -3.91. The topological polar surface area (TPSA) is 95.8 Å². The van der Waals surface area contributed by atoms with Gasteiger partial charge in [-0.3, -0.25) is 19.7 Å². The molecule has 3 aromatic rings. The van der Waals surface area contributed by atoms with E-state index < -0.39 is 10.8 Å². The molecule has 4 rings (SSSR count). The van der Waals surface area contributed by atoms with Crippen LogP contribution in [0.3, 0.4) is 0 Å². The maximum Gasteiger partial charge on any atom is 0.270 e. The zero-order valence-electron chi connectivity index (χ0n) is 17.6. The summed E-state index contributed by atoms with van der Waals surface area (Å²) in [6.45, 7) is 2.30. The highest BCUT2D eigenvalue weighted by molar-refractivity contribution is 6.34. The van der Waals surface area contributed by atoms with Gasteiger partial charge in [-0.05, 0) is 30.3 Å². The quantitative estimate of drug-likeness (QED) is 0.444. The van der Waals surface area contributed by atoms with Gasteiger partial charge in [-0.2, -0.15) is 0 Å². The third-order valence-corrected chi connectivity index (χ3v) is 5.82. The first-order chi connectivity index (χ1) is 15.9. The first kappa shape index (κ1) is 22.3. The van der Waals surface area contributed by atoms with Gasteiger partial charge in [-0.1, -0.05) is 41.9 Å². The van der Waals surface area contributed by atoms with E-state index in [4.69, 9.17) is 11.6 Å². The fraction of sp³-hybridized carbons (Fsp3) is 0.167. The van der Waals surface area contributed by atoms with E-state index in [1.165, 1.54) is 12.1 Å². The summed E-state index contributed by atoms with van der Waals surface area (Å²) >= 11 is 6.12. The van der Waals surface area contributed by atoms with Crippen LogP contribution in [0.2, 0.25) is 5.02 Å². The summed E-state index contributed by atoms with van der Waals surface area (Å²) in [5.74, 6) is -0.536. The van der Waals surface area contributed by atoms with Gasteiger partial charge >= 0.3 is 0 Å². The SMILES string of the molecule is O=C(Nc1ccccc1N1CCN(C(=O)c2ccccc2)CC1)c1cc([N+](=O)[O-])ccc1Cl. The second-order valence-corrected chi connectivity index (χ2v) is 7.95. The second-order valence-electron chi connectivity index (χ2n) is 7.54. The number of carbonyl (C=O) groups is 2. The number of nitro groups is 1. The Bertz CT molecular complexity index is 1190. The third-order valence-electron chi connectivity index (χ3n) is 5.49. The van der Waals surface area contributed by atoms with Gasteiger partial charge in [0.1, 0.15) is 0 Å². The van der Waals surface area contributed by atoms with Gasteiger partial charge in [-0.25, -0.2) is 0 Å². The molecule has 9 heteroatoms. The van der Waals surface area contributed by atoms with Crippen LogP contribution in [0.5, 0.6) is 0 Å². The van der Waals surface area contributed by atoms with Crippen molar-refractivity contribution in [1.29, 1.82) is 0 Å². The normalized spacial score (nSPS) is 13.5. The van der Waals surface area contributed by atoms with Crippen molar-refractivity contribution in [2.75, 3.05) is 36.4 Å². The fourth-order valence-electron chi connectivity index (χ4n) is 3.76. The number of para-hydroxylation sites is 2. The number of nitrogens with zero attached hydrogens (tertiary/aromatic N) is 3. The molecule has 8 nitrogen and oxygen atoms in total. The molecule has 0 radical (unpaired) electrons. The van der Waals surface area contributed by atoms with Gasteiger partial charge in [0.2, 0.25) is 0 Å². The van der Waals surface area contributed by atoms with Gasteiger partial charge in [-0.15, -0.1) is 0 Å². The number of halogens is 1. The lowest BCUT2D eigenvalue weighted by atomic mass is 10.1. The molecule has 0 aromatic heterocycles. The molecule has 0 spiro atoms. The maximum absolute atomic E-state index is 12.9. The van der Waals surface area contributed by atoms with Gasteiger partial charge in [0.25, 0.3) is 17.5 Å². The van der Waals surface area contributed by atoms with Crippen molar-refractivity contribution < 1.29 is 14.5 Å². The minimum Gasteiger partial charge on any atom is -0.366 e. The Morgan fingerprint density at radius 1 is 0.909 bits per heavy atom. The maximum atomic E-state index is 12.9. The smallest absolute Gasteiger partial charge is 0.270 e. The van der Waals surface area contributed by atoms with Gasteiger partial charge in [0, 0.05) is 43.9 Å². The summed E-state index contributed by atoms with van der Waals surface area (Å²) < 4.78 is 0. The number of hydrogen-bond acceptors (Lipinski definition) is 5. The van der Waals surface area contributed by atoms with Crippen LogP contribution < -0.4 is 10.2 Å². The monoisotopic (exact) mass is 464 g/mol. The summed E-state index contributed by atoms with van der Waals surface area (Å²) in [5.41, 5.74) is 1.84. The zero-order valence-corrected chi connectivity index (χ0v) is 18.4. The number of nitro benzene ring substituents is 1. The summed E-state index contributed by atoms with van der Waals surface area (Å²) in [7, 11) is 0. The van der Waals surface area contributed by atoms with E-state index in [0.29, 0.717) is 37.4 Å². The number of non-ortho nitro benzene ring substituents is 1. The molecule has 3 aromatic carbocycles. The number of amides is 2. The highest BCUT2D eigenvalue weighted by Gasteiger charge is 2.24. The standard InChI is InChI=1S/C24H21ClN4O4/c25-20-11-10-18(29(32)33)16-19(20)23(30)26-21-8-4-5-9-22(21)27-12-14-28(15-13-27)24(31)17-6-2-1-3-7-17/h1-11,16H,12-15H2,(H,26,30). The summed E-state index contributed by atoms with van der Waals surface area (Å²) in [6, 6.07) is 20.2. The predicted molar refractivity (Wildman–Crippen MR) is 127 cm³/mol. The Morgan fingerprint density at radius 2 is 1.58 bits per heavy atom. The second kappa shape index (κ2) is 9.70. The average Bonchev–Trinajstić information content (AvgIpc) is 2.84. The van der Waals surface area contributed by atoms with Crippen molar-refractivity contribution in [3.05, 3.63) is 99.1 Å². The van der Waals surface area contributed by atoms with E-state index in [1.807, 2.05) is 35.2 Å². The molecule has 33 heavy (non-hydrogen) atoms. The van der Waals surface area contributed by atoms with Crippen LogP contribution >= 0.6 is 11.6 Å². The first-order valence-electron chi connectivity index (χ1n) is 10.4. The molecule has 0 atom stereocenters. The Morgan fingerprint density at radius 3 is 2.27 bits per heavy atom. The van der Waals surface area contributed by atoms with Crippen molar-refractivity contribution in [3.63, 3.8) is 0 Å². The van der Waals surface area contributed by atoms with Crippen molar-refractivity contribution in [3.8, 4) is 0 Å². The molecule has 0 bridgehead atoms. The zero-order chi connectivity index (χ0) is 23.4. The molecular formula is C24H21ClN4O4. The van der Waals surface area contributed by atoms with E-state index in [9.17, 15) is 19.7 Å². The number of anilines is 2. The first-order valence-corrected chi connectivity index (χ1v) is 10.8. The molecule has 168 valence electrons. The summed E-state index contributed by atoms with van der Waals surface area (Å²) in [6.07, 6.45) is 0. The van der Waals surface area contributed by atoms with E-state index in [1.54, 1.807) is 24.3 Å². The Balaban J connectivity index is 1.48. The molecule has 1 aliphatic heterocycles. The van der Waals surface area contributed by atoms with Crippen LogP contribution in [-0.4, -0.2) is 47.8 Å². The molecule has 0 aliphatic carbocycles. The van der Waals surface area contributed by atoms with E-state index >= 15 is 0 Å². The molecule has 1 saturated heterocycles. The van der Waals surface area contributed by atoms with Gasteiger partial charge in [0.05, 0.1) is 26.9 Å². The van der Waals surface area contributed by atoms with Crippen LogP contribution in [-0.2, 0) is 0 Å². The third kappa shape index (κ3) is 4.96. The molecule has 0 unspecified atom stereocenters. The number of carbonyl (C=O) groups excluding carboxylic acids is 2. The minimum absolute atomic E-state index is 0.00264. The van der Waals surface area contributed by atoms with Crippen LogP contribution in [0.1, 0.15) is 20.7 Å². The molecule has 1 heterocycles. The fourth-order valence-corrected chi connectivity index (χ4v) is 3.96. The largest absolute Gasteiger partial charge is 0.366 e. The number of hydrogen-bond donors (Lipinski definition) is 1. The van der Waals surface area contributed by atoms with Crippen molar-refractivity contribution in [2.45, 2.75) is 0 Å². The molecule has 2 amide bonds. The molecule has 0 saturated carbocycles. The van der Waals surface area contributed by atoms with Crippen molar-refractivity contribution in [1.82, 2.24) is 4.90 Å². The lowest BCUT2D eigenvalue weighted by Crippen LogP contribution is -2.49. The number of nitrogens with one attached hydrogen (secondary N) is 1. The Labute approximate surface area is 195 Å². The lowest BCUT2D eigenvalue weighted by molar-refractivity contribution is -0.384. The van der Waals surface area contributed by atoms with Crippen LogP contribution in [0, 0.1) is 10.1 Å². The Kier molecular flexibility index (Phi) is 6.55. The molecule has 1 fully saturated rings. The van der Waals surface area contributed by atoms with Gasteiger partial charge < -0.3 is 15.1 Å². The summed E-state index contributed by atoms with van der Waals surface area (Å²) in [4.78, 5) is 40.0. The number of rotatable bonds is 5. The van der Waals surface area contributed by atoms with Gasteiger partial charge in [0.15, 0.2) is 0 Å². The lowest BCUT2D eigenvalue weighted by Gasteiger charge is -2.37. The van der Waals surface area contributed by atoms with Crippen LogP contribution in [0.25, 0.3) is 0 Å².